The van der Waals surface area contributed by atoms with Gasteiger partial charge >= 0.3 is 0 Å². The van der Waals surface area contributed by atoms with E-state index in [2.05, 4.69) is 72.4 Å². The van der Waals surface area contributed by atoms with Gasteiger partial charge in [-0.15, -0.1) is 0 Å². The van der Waals surface area contributed by atoms with E-state index in [0.29, 0.717) is 17.8 Å². The second kappa shape index (κ2) is 7.95. The van der Waals surface area contributed by atoms with Crippen molar-refractivity contribution in [2.75, 3.05) is 13.1 Å². The molecule has 1 aromatic heterocycles. The first-order valence-electron chi connectivity index (χ1n) is 11.4. The Hall–Kier alpha value is -2.13. The number of hydrogen-bond donors (Lipinski definition) is 1. The minimum Gasteiger partial charge on any atom is -0.298 e. The van der Waals surface area contributed by atoms with Crippen molar-refractivity contribution in [3.05, 3.63) is 65.4 Å². The van der Waals surface area contributed by atoms with Crippen molar-refractivity contribution in [2.45, 2.75) is 57.9 Å². The maximum absolute atomic E-state index is 4.72. The summed E-state index contributed by atoms with van der Waals surface area (Å²) < 4.78 is 0. The summed E-state index contributed by atoms with van der Waals surface area (Å²) >= 11 is 0. The van der Waals surface area contributed by atoms with Gasteiger partial charge in [0, 0.05) is 42.6 Å². The molecule has 1 aliphatic carbocycles. The molecule has 1 aliphatic heterocycles. The van der Waals surface area contributed by atoms with Gasteiger partial charge < -0.3 is 0 Å². The van der Waals surface area contributed by atoms with Gasteiger partial charge in [-0.05, 0) is 41.9 Å². The molecule has 2 aliphatic rings. The third kappa shape index (κ3) is 3.73. The van der Waals surface area contributed by atoms with Crippen LogP contribution in [-0.4, -0.2) is 28.2 Å². The number of fused-ring (bicyclic) bond motifs is 1. The highest BCUT2D eigenvalue weighted by Gasteiger charge is 2.31. The van der Waals surface area contributed by atoms with Crippen LogP contribution in [0.15, 0.2) is 48.5 Å². The monoisotopic (exact) mass is 387 g/mol. The molecule has 0 spiro atoms. The largest absolute Gasteiger partial charge is 0.298 e. The number of aromatic amines is 1. The number of H-pyrrole nitrogens is 1. The summed E-state index contributed by atoms with van der Waals surface area (Å²) in [6.07, 6.45) is 5.53. The lowest BCUT2D eigenvalue weighted by Gasteiger charge is -2.18. The molecular weight excluding hydrogens is 354 g/mol. The molecule has 152 valence electrons. The molecule has 1 unspecified atom stereocenters. The molecule has 3 aromatic rings. The average molecular weight is 388 g/mol. The molecule has 5 rings (SSSR count). The van der Waals surface area contributed by atoms with Crippen LogP contribution < -0.4 is 0 Å². The van der Waals surface area contributed by atoms with Gasteiger partial charge in [0.1, 0.15) is 0 Å². The van der Waals surface area contributed by atoms with Crippen LogP contribution in [-0.2, 0) is 6.54 Å². The first kappa shape index (κ1) is 18.9. The van der Waals surface area contributed by atoms with E-state index in [1.54, 1.807) is 0 Å². The summed E-state index contributed by atoms with van der Waals surface area (Å²) in [7, 11) is 0. The molecule has 1 saturated heterocycles. The van der Waals surface area contributed by atoms with Crippen LogP contribution in [0.1, 0.15) is 68.2 Å². The zero-order chi connectivity index (χ0) is 19.8. The number of benzene rings is 2. The molecule has 0 bridgehead atoms. The molecule has 2 aromatic carbocycles. The molecule has 29 heavy (non-hydrogen) atoms. The van der Waals surface area contributed by atoms with Crippen molar-refractivity contribution in [2.24, 2.45) is 11.8 Å². The number of likely N-dealkylation sites (tertiary alicyclic amines) is 1. The zero-order valence-electron chi connectivity index (χ0n) is 17.8. The maximum Gasteiger partial charge on any atom is 0.0926 e. The van der Waals surface area contributed by atoms with Gasteiger partial charge in [-0.25, -0.2) is 0 Å². The van der Waals surface area contributed by atoms with Crippen LogP contribution >= 0.6 is 0 Å². The highest BCUT2D eigenvalue weighted by Crippen LogP contribution is 2.40. The van der Waals surface area contributed by atoms with E-state index in [9.17, 15) is 0 Å². The van der Waals surface area contributed by atoms with E-state index in [-0.39, 0.29) is 0 Å². The van der Waals surface area contributed by atoms with Crippen molar-refractivity contribution < 1.29 is 0 Å². The van der Waals surface area contributed by atoms with E-state index in [0.717, 1.165) is 24.5 Å². The second-order valence-electron chi connectivity index (χ2n) is 9.51. The lowest BCUT2D eigenvalue weighted by Crippen LogP contribution is -2.20. The van der Waals surface area contributed by atoms with E-state index in [4.69, 9.17) is 5.10 Å². The van der Waals surface area contributed by atoms with Crippen LogP contribution in [0.5, 0.6) is 0 Å². The van der Waals surface area contributed by atoms with Crippen molar-refractivity contribution in [3.63, 3.8) is 0 Å². The quantitative estimate of drug-likeness (QED) is 0.574. The fraction of sp³-hybridized carbons (Fsp3) is 0.500. The smallest absolute Gasteiger partial charge is 0.0926 e. The van der Waals surface area contributed by atoms with Gasteiger partial charge in [0.2, 0.25) is 0 Å². The number of nitrogens with zero attached hydrogens (tertiary/aromatic N) is 2. The zero-order valence-corrected chi connectivity index (χ0v) is 17.8. The molecule has 2 heterocycles. The predicted octanol–water partition coefficient (Wildman–Crippen LogP) is 6.09. The molecule has 1 N–H and O–H groups in total. The highest BCUT2D eigenvalue weighted by atomic mass is 15.2. The third-order valence-corrected chi connectivity index (χ3v) is 7.54. The summed E-state index contributed by atoms with van der Waals surface area (Å²) in [4.78, 5) is 2.60. The number of nitrogens with one attached hydrogen (secondary N) is 1. The standard InChI is InChI=1S/C26H33N3/c1-18-15-29(16-20-8-4-3-5-9-20)17-24(18)22-12-13-23-25(14-22)27-28-26(23)19(2)21-10-6-7-11-21/h3-5,8-9,12-14,18-19,21,24H,6-7,10-11,15-17H2,1-2H3,(H,27,28)/t18-,19?,24+/m1/s1. The van der Waals surface area contributed by atoms with Crippen LogP contribution in [0.3, 0.4) is 0 Å². The van der Waals surface area contributed by atoms with Crippen LogP contribution in [0.4, 0.5) is 0 Å². The lowest BCUT2D eigenvalue weighted by molar-refractivity contribution is 0.319. The molecule has 3 nitrogen and oxygen atoms in total. The van der Waals surface area contributed by atoms with E-state index >= 15 is 0 Å². The molecule has 3 atom stereocenters. The molecule has 1 saturated carbocycles. The summed E-state index contributed by atoms with van der Waals surface area (Å²) in [6.45, 7) is 8.14. The Morgan fingerprint density at radius 1 is 1.07 bits per heavy atom. The Kier molecular flexibility index (Phi) is 5.17. The minimum absolute atomic E-state index is 0.583. The molecule has 2 fully saturated rings. The topological polar surface area (TPSA) is 31.9 Å². The first-order chi connectivity index (χ1) is 14.2. The third-order valence-electron chi connectivity index (χ3n) is 7.54. The van der Waals surface area contributed by atoms with Gasteiger partial charge in [-0.1, -0.05) is 69.2 Å². The van der Waals surface area contributed by atoms with Gasteiger partial charge in [0.05, 0.1) is 5.52 Å². The lowest BCUT2D eigenvalue weighted by atomic mass is 9.87. The number of rotatable bonds is 5. The van der Waals surface area contributed by atoms with E-state index in [1.165, 1.54) is 54.4 Å². The number of hydrogen-bond acceptors (Lipinski definition) is 2. The first-order valence-corrected chi connectivity index (χ1v) is 11.4. The summed E-state index contributed by atoms with van der Waals surface area (Å²) in [6, 6.07) is 17.9. The minimum atomic E-state index is 0.583. The Morgan fingerprint density at radius 2 is 1.86 bits per heavy atom. The van der Waals surface area contributed by atoms with Crippen LogP contribution in [0, 0.1) is 11.8 Å². The molecule has 3 heteroatoms. The molecule has 0 amide bonds. The van der Waals surface area contributed by atoms with E-state index < -0.39 is 0 Å². The fourth-order valence-electron chi connectivity index (χ4n) is 5.79. The van der Waals surface area contributed by atoms with Crippen molar-refractivity contribution in [1.29, 1.82) is 0 Å². The molecular formula is C26H33N3. The van der Waals surface area contributed by atoms with Crippen LogP contribution in [0.2, 0.25) is 0 Å². The van der Waals surface area contributed by atoms with Gasteiger partial charge in [0.15, 0.2) is 0 Å². The fourth-order valence-corrected chi connectivity index (χ4v) is 5.79. The summed E-state index contributed by atoms with van der Waals surface area (Å²) in [5.74, 6) is 2.67. The Morgan fingerprint density at radius 3 is 2.66 bits per heavy atom. The predicted molar refractivity (Wildman–Crippen MR) is 120 cm³/mol. The Bertz CT molecular complexity index is 955. The average Bonchev–Trinajstić information content (AvgIpc) is 3.48. The van der Waals surface area contributed by atoms with Crippen molar-refractivity contribution in [3.8, 4) is 0 Å². The maximum atomic E-state index is 4.72. The van der Waals surface area contributed by atoms with E-state index in [1.807, 2.05) is 0 Å². The Labute approximate surface area is 174 Å². The summed E-state index contributed by atoms with van der Waals surface area (Å²) in [5.41, 5.74) is 5.36. The summed E-state index contributed by atoms with van der Waals surface area (Å²) in [5, 5.41) is 9.45. The second-order valence-corrected chi connectivity index (χ2v) is 9.51. The van der Waals surface area contributed by atoms with Gasteiger partial charge in [0.25, 0.3) is 0 Å². The SMILES string of the molecule is CC(c1[nH]nc2cc([C@H]3CN(Cc4ccccc4)C[C@H]3C)ccc12)C1CCCC1. The number of aromatic nitrogens is 2. The molecule has 0 radical (unpaired) electrons. The van der Waals surface area contributed by atoms with Crippen molar-refractivity contribution in [1.82, 2.24) is 15.1 Å². The van der Waals surface area contributed by atoms with Crippen LogP contribution in [0.25, 0.3) is 10.9 Å². The van der Waals surface area contributed by atoms with Crippen molar-refractivity contribution >= 4 is 10.9 Å². The normalized spacial score (nSPS) is 24.5. The highest BCUT2D eigenvalue weighted by molar-refractivity contribution is 5.82. The van der Waals surface area contributed by atoms with Gasteiger partial charge in [-0.2, -0.15) is 5.10 Å². The Balaban J connectivity index is 1.34. The van der Waals surface area contributed by atoms with Gasteiger partial charge in [-0.3, -0.25) is 10.00 Å².